The molecule has 0 spiro atoms. The monoisotopic (exact) mass is 302 g/mol. The normalized spacial score (nSPS) is 10.1. The van der Waals surface area contributed by atoms with Crippen LogP contribution in [0, 0.1) is 18.8 Å². The highest BCUT2D eigenvalue weighted by Gasteiger charge is 2.11. The molecule has 0 bridgehead atoms. The summed E-state index contributed by atoms with van der Waals surface area (Å²) in [5, 5.41) is 3.96. The van der Waals surface area contributed by atoms with E-state index in [1.807, 2.05) is 61.5 Å². The van der Waals surface area contributed by atoms with Crippen LogP contribution in [-0.2, 0) is 11.2 Å². The molecule has 1 heterocycles. The zero-order chi connectivity index (χ0) is 16.1. The van der Waals surface area contributed by atoms with Gasteiger partial charge in [0.2, 0.25) is 5.91 Å². The number of fused-ring (bicyclic) bond motifs is 1. The van der Waals surface area contributed by atoms with Gasteiger partial charge in [-0.05, 0) is 30.7 Å². The maximum Gasteiger partial charge on any atom is 0.225 e. The Morgan fingerprint density at radius 1 is 1.09 bits per heavy atom. The molecule has 3 aromatic rings. The van der Waals surface area contributed by atoms with E-state index in [0.717, 1.165) is 27.7 Å². The molecule has 0 aliphatic rings. The summed E-state index contributed by atoms with van der Waals surface area (Å²) in [5.74, 6) is 5.99. The average molecular weight is 302 g/mol. The van der Waals surface area contributed by atoms with Crippen molar-refractivity contribution in [3.05, 3.63) is 71.4 Å². The lowest BCUT2D eigenvalue weighted by Gasteiger charge is -2.02. The summed E-state index contributed by atoms with van der Waals surface area (Å²) >= 11 is 0. The van der Waals surface area contributed by atoms with E-state index in [0.29, 0.717) is 13.0 Å². The minimum Gasteiger partial charge on any atom is -0.358 e. The Morgan fingerprint density at radius 2 is 1.83 bits per heavy atom. The molecule has 0 unspecified atom stereocenters. The predicted molar refractivity (Wildman–Crippen MR) is 93.1 cm³/mol. The fraction of sp³-hybridized carbons (Fsp3) is 0.150. The number of rotatable bonds is 3. The minimum absolute atomic E-state index is 0.0137. The fourth-order valence-electron chi connectivity index (χ4n) is 2.60. The average Bonchev–Trinajstić information content (AvgIpc) is 2.88. The van der Waals surface area contributed by atoms with Crippen molar-refractivity contribution in [2.75, 3.05) is 6.54 Å². The number of carbonyl (C=O) groups is 1. The van der Waals surface area contributed by atoms with E-state index in [-0.39, 0.29) is 5.91 Å². The molecule has 2 N–H and O–H groups in total. The first-order valence-corrected chi connectivity index (χ1v) is 7.61. The summed E-state index contributed by atoms with van der Waals surface area (Å²) in [4.78, 5) is 15.4. The van der Waals surface area contributed by atoms with Gasteiger partial charge in [0.25, 0.3) is 0 Å². The summed E-state index contributed by atoms with van der Waals surface area (Å²) in [6.07, 6.45) is 0.364. The molecule has 0 atom stereocenters. The summed E-state index contributed by atoms with van der Waals surface area (Å²) in [6.45, 7) is 2.35. The molecule has 0 aliphatic carbocycles. The Balaban J connectivity index is 1.61. The van der Waals surface area contributed by atoms with Crippen molar-refractivity contribution in [3.63, 3.8) is 0 Å². The second-order valence-electron chi connectivity index (χ2n) is 5.40. The summed E-state index contributed by atoms with van der Waals surface area (Å²) < 4.78 is 0. The first-order chi connectivity index (χ1) is 11.2. The van der Waals surface area contributed by atoms with Crippen molar-refractivity contribution in [1.82, 2.24) is 10.3 Å². The summed E-state index contributed by atoms with van der Waals surface area (Å²) in [7, 11) is 0. The van der Waals surface area contributed by atoms with Gasteiger partial charge in [-0.3, -0.25) is 4.79 Å². The lowest BCUT2D eigenvalue weighted by molar-refractivity contribution is -0.120. The maximum atomic E-state index is 12.1. The molecule has 3 rings (SSSR count). The van der Waals surface area contributed by atoms with Crippen molar-refractivity contribution >= 4 is 16.8 Å². The van der Waals surface area contributed by atoms with Gasteiger partial charge in [-0.25, -0.2) is 0 Å². The molecule has 2 aromatic carbocycles. The quantitative estimate of drug-likeness (QED) is 0.717. The van der Waals surface area contributed by atoms with Crippen LogP contribution in [-0.4, -0.2) is 17.4 Å². The van der Waals surface area contributed by atoms with E-state index < -0.39 is 0 Å². The molecule has 23 heavy (non-hydrogen) atoms. The Morgan fingerprint density at radius 3 is 2.65 bits per heavy atom. The van der Waals surface area contributed by atoms with Crippen LogP contribution in [0.3, 0.4) is 0 Å². The molecule has 114 valence electrons. The van der Waals surface area contributed by atoms with Crippen LogP contribution in [0.5, 0.6) is 0 Å². The number of hydrogen-bond donors (Lipinski definition) is 2. The highest BCUT2D eigenvalue weighted by molar-refractivity contribution is 5.90. The number of H-pyrrole nitrogens is 1. The van der Waals surface area contributed by atoms with E-state index in [1.54, 1.807) is 0 Å². The number of aromatic nitrogens is 1. The summed E-state index contributed by atoms with van der Waals surface area (Å²) in [5.41, 5.74) is 4.11. The van der Waals surface area contributed by atoms with Crippen LogP contribution in [0.2, 0.25) is 0 Å². The zero-order valence-corrected chi connectivity index (χ0v) is 13.0. The molecule has 0 radical (unpaired) electrons. The van der Waals surface area contributed by atoms with E-state index in [1.165, 1.54) is 0 Å². The third-order valence-electron chi connectivity index (χ3n) is 3.74. The smallest absolute Gasteiger partial charge is 0.225 e. The number of benzene rings is 2. The van der Waals surface area contributed by atoms with Crippen molar-refractivity contribution in [2.45, 2.75) is 13.3 Å². The van der Waals surface area contributed by atoms with Crippen LogP contribution in [0.15, 0.2) is 54.6 Å². The Labute approximate surface area is 135 Å². The number of aryl methyl sites for hydroxylation is 1. The van der Waals surface area contributed by atoms with Crippen molar-refractivity contribution < 1.29 is 4.79 Å². The van der Waals surface area contributed by atoms with Crippen molar-refractivity contribution in [2.24, 2.45) is 0 Å². The zero-order valence-electron chi connectivity index (χ0n) is 13.0. The molecular formula is C20H18N2O. The van der Waals surface area contributed by atoms with E-state index >= 15 is 0 Å². The first-order valence-electron chi connectivity index (χ1n) is 7.61. The molecule has 0 fully saturated rings. The van der Waals surface area contributed by atoms with Gasteiger partial charge in [0.05, 0.1) is 13.0 Å². The van der Waals surface area contributed by atoms with E-state index in [9.17, 15) is 4.79 Å². The van der Waals surface area contributed by atoms with Crippen LogP contribution in [0.1, 0.15) is 16.8 Å². The highest BCUT2D eigenvalue weighted by Crippen LogP contribution is 2.22. The van der Waals surface area contributed by atoms with Crippen LogP contribution in [0.25, 0.3) is 10.9 Å². The molecule has 0 saturated carbocycles. The number of aromatic amines is 1. The second-order valence-corrected chi connectivity index (χ2v) is 5.40. The van der Waals surface area contributed by atoms with Gasteiger partial charge >= 0.3 is 0 Å². The minimum atomic E-state index is -0.0137. The largest absolute Gasteiger partial charge is 0.358 e. The van der Waals surface area contributed by atoms with Crippen molar-refractivity contribution in [1.29, 1.82) is 0 Å². The molecule has 1 aromatic heterocycles. The Hall–Kier alpha value is -2.99. The molecule has 0 saturated heterocycles. The predicted octanol–water partition coefficient (Wildman–Crippen LogP) is 3.19. The number of para-hydroxylation sites is 1. The second kappa shape index (κ2) is 6.85. The molecule has 1 amide bonds. The van der Waals surface area contributed by atoms with Gasteiger partial charge in [0.1, 0.15) is 0 Å². The number of amides is 1. The molecular weight excluding hydrogens is 284 g/mol. The third-order valence-corrected chi connectivity index (χ3v) is 3.74. The standard InChI is InChI=1S/C20H18N2O/c1-15-18(17-11-5-6-12-19(17)22-15)14-20(23)21-13-7-10-16-8-3-2-4-9-16/h2-6,8-9,11-12,22H,13-14H2,1H3,(H,21,23). The molecule has 0 aliphatic heterocycles. The lowest BCUT2D eigenvalue weighted by Crippen LogP contribution is -2.25. The highest BCUT2D eigenvalue weighted by atomic mass is 16.1. The van der Waals surface area contributed by atoms with Crippen LogP contribution in [0.4, 0.5) is 0 Å². The number of hydrogen-bond acceptors (Lipinski definition) is 1. The molecule has 3 heteroatoms. The third kappa shape index (κ3) is 3.61. The van der Waals surface area contributed by atoms with E-state index in [4.69, 9.17) is 0 Å². The van der Waals surface area contributed by atoms with Gasteiger partial charge in [-0.1, -0.05) is 48.2 Å². The first kappa shape index (κ1) is 14.9. The topological polar surface area (TPSA) is 44.9 Å². The SMILES string of the molecule is Cc1[nH]c2ccccc2c1CC(=O)NCC#Cc1ccccc1. The van der Waals surface area contributed by atoms with E-state index in [2.05, 4.69) is 22.1 Å². The maximum absolute atomic E-state index is 12.1. The van der Waals surface area contributed by atoms with Crippen LogP contribution >= 0.6 is 0 Å². The summed E-state index contributed by atoms with van der Waals surface area (Å²) in [6, 6.07) is 17.8. The van der Waals surface area contributed by atoms with Gasteiger partial charge < -0.3 is 10.3 Å². The van der Waals surface area contributed by atoms with Crippen LogP contribution < -0.4 is 5.32 Å². The molecule has 3 nitrogen and oxygen atoms in total. The van der Waals surface area contributed by atoms with Gasteiger partial charge in [0, 0.05) is 22.2 Å². The van der Waals surface area contributed by atoms with Crippen molar-refractivity contribution in [3.8, 4) is 11.8 Å². The lowest BCUT2D eigenvalue weighted by atomic mass is 10.1. The van der Waals surface area contributed by atoms with Gasteiger partial charge in [-0.15, -0.1) is 0 Å². The number of nitrogens with one attached hydrogen (secondary N) is 2. The number of carbonyl (C=O) groups excluding carboxylic acids is 1. The van der Waals surface area contributed by atoms with Gasteiger partial charge in [0.15, 0.2) is 0 Å². The Kier molecular flexibility index (Phi) is 4.44. The fourth-order valence-corrected chi connectivity index (χ4v) is 2.60. The Bertz CT molecular complexity index is 882. The van der Waals surface area contributed by atoms with Gasteiger partial charge in [-0.2, -0.15) is 0 Å².